The molecule has 7 nitrogen and oxygen atoms in total. The first kappa shape index (κ1) is 23.6. The lowest BCUT2D eigenvalue weighted by atomic mass is 10.1. The summed E-state index contributed by atoms with van der Waals surface area (Å²) in [5, 5.41) is 16.6. The Labute approximate surface area is 188 Å². The summed E-state index contributed by atoms with van der Waals surface area (Å²) in [5.74, 6) is 1.30. The first-order chi connectivity index (χ1) is 13.6. The minimum Gasteiger partial charge on any atom is -0.392 e. The van der Waals surface area contributed by atoms with E-state index in [0.29, 0.717) is 12.1 Å². The second-order valence-corrected chi connectivity index (χ2v) is 6.95. The predicted octanol–water partition coefficient (Wildman–Crippen LogP) is 2.52. The molecule has 3 rings (SSSR count). The summed E-state index contributed by atoms with van der Waals surface area (Å²) >= 11 is 0. The standard InChI is InChI=1S/C20H28FN5O2.HI/c1-3-22-20(23-12-16-4-5-19(21)17(11-16)14-27)26-8-6-25(7-9-26)13-18-10-15(2)28-24-18;/h4-5,10-11,27H,3,6-9,12-14H2,1-2H3,(H,22,23);1H. The van der Waals surface area contributed by atoms with Crippen molar-refractivity contribution >= 4 is 29.9 Å². The maximum atomic E-state index is 13.5. The van der Waals surface area contributed by atoms with Crippen molar-refractivity contribution in [3.63, 3.8) is 0 Å². The maximum absolute atomic E-state index is 13.5. The largest absolute Gasteiger partial charge is 0.392 e. The molecule has 0 radical (unpaired) electrons. The Morgan fingerprint density at radius 3 is 2.66 bits per heavy atom. The van der Waals surface area contributed by atoms with Gasteiger partial charge in [0.15, 0.2) is 5.96 Å². The van der Waals surface area contributed by atoms with E-state index in [-0.39, 0.29) is 36.4 Å². The van der Waals surface area contributed by atoms with Crippen molar-refractivity contribution in [2.75, 3.05) is 32.7 Å². The molecule has 1 aliphatic rings. The molecule has 1 aromatic carbocycles. The van der Waals surface area contributed by atoms with Crippen LogP contribution in [0.3, 0.4) is 0 Å². The van der Waals surface area contributed by atoms with E-state index in [0.717, 1.165) is 62.2 Å². The summed E-state index contributed by atoms with van der Waals surface area (Å²) in [6.45, 7) is 9.22. The number of rotatable bonds is 6. The number of aliphatic hydroxyl groups excluding tert-OH is 1. The maximum Gasteiger partial charge on any atom is 0.194 e. The van der Waals surface area contributed by atoms with Crippen LogP contribution in [-0.4, -0.2) is 58.7 Å². The predicted molar refractivity (Wildman–Crippen MR) is 121 cm³/mol. The van der Waals surface area contributed by atoms with Crippen molar-refractivity contribution in [1.29, 1.82) is 0 Å². The Morgan fingerprint density at radius 1 is 1.28 bits per heavy atom. The summed E-state index contributed by atoms with van der Waals surface area (Å²) in [5.41, 5.74) is 2.14. The third-order valence-electron chi connectivity index (χ3n) is 4.76. The number of piperazine rings is 1. The topological polar surface area (TPSA) is 77.1 Å². The molecule has 0 unspecified atom stereocenters. The van der Waals surface area contributed by atoms with Crippen molar-refractivity contribution < 1.29 is 14.0 Å². The van der Waals surface area contributed by atoms with Crippen LogP contribution in [0.2, 0.25) is 0 Å². The van der Waals surface area contributed by atoms with Crippen molar-refractivity contribution in [3.8, 4) is 0 Å². The van der Waals surface area contributed by atoms with Crippen LogP contribution in [0.4, 0.5) is 4.39 Å². The molecule has 160 valence electrons. The van der Waals surface area contributed by atoms with Gasteiger partial charge in [-0.25, -0.2) is 9.38 Å². The van der Waals surface area contributed by atoms with Gasteiger partial charge in [-0.3, -0.25) is 4.90 Å². The smallest absolute Gasteiger partial charge is 0.194 e. The van der Waals surface area contributed by atoms with Crippen molar-refractivity contribution in [1.82, 2.24) is 20.3 Å². The number of benzene rings is 1. The van der Waals surface area contributed by atoms with Crippen LogP contribution in [0.1, 0.15) is 29.5 Å². The Bertz CT molecular complexity index is 806. The number of aryl methyl sites for hydroxylation is 1. The molecule has 0 spiro atoms. The van der Waals surface area contributed by atoms with E-state index in [1.54, 1.807) is 12.1 Å². The van der Waals surface area contributed by atoms with Crippen molar-refractivity contribution in [3.05, 3.63) is 52.7 Å². The summed E-state index contributed by atoms with van der Waals surface area (Å²) in [4.78, 5) is 9.30. The minimum absolute atomic E-state index is 0. The van der Waals surface area contributed by atoms with Crippen LogP contribution in [0.5, 0.6) is 0 Å². The normalized spacial score (nSPS) is 15.3. The molecule has 1 aromatic heterocycles. The van der Waals surface area contributed by atoms with Crippen LogP contribution in [0.25, 0.3) is 0 Å². The van der Waals surface area contributed by atoms with Crippen LogP contribution in [0, 0.1) is 12.7 Å². The van der Waals surface area contributed by atoms with E-state index < -0.39 is 0 Å². The monoisotopic (exact) mass is 517 g/mol. The zero-order chi connectivity index (χ0) is 19.9. The van der Waals surface area contributed by atoms with Gasteiger partial charge < -0.3 is 19.8 Å². The third kappa shape index (κ3) is 6.65. The highest BCUT2D eigenvalue weighted by molar-refractivity contribution is 14.0. The molecule has 9 heteroatoms. The lowest BCUT2D eigenvalue weighted by molar-refractivity contribution is 0.169. The quantitative estimate of drug-likeness (QED) is 0.349. The van der Waals surface area contributed by atoms with E-state index in [1.807, 2.05) is 19.9 Å². The first-order valence-corrected chi connectivity index (χ1v) is 9.65. The molecule has 0 saturated carbocycles. The number of aliphatic imine (C=N–C) groups is 1. The average molecular weight is 517 g/mol. The van der Waals surface area contributed by atoms with Crippen LogP contribution < -0.4 is 5.32 Å². The highest BCUT2D eigenvalue weighted by Crippen LogP contribution is 2.13. The molecule has 1 saturated heterocycles. The van der Waals surface area contributed by atoms with Gasteiger partial charge in [0.05, 0.1) is 18.8 Å². The fraction of sp³-hybridized carbons (Fsp3) is 0.500. The number of guanidine groups is 1. The van der Waals surface area contributed by atoms with E-state index in [4.69, 9.17) is 9.52 Å². The van der Waals surface area contributed by atoms with Crippen molar-refractivity contribution in [2.24, 2.45) is 4.99 Å². The van der Waals surface area contributed by atoms with Gasteiger partial charge in [0.2, 0.25) is 0 Å². The molecule has 0 amide bonds. The number of hydrogen-bond acceptors (Lipinski definition) is 5. The van der Waals surface area contributed by atoms with E-state index in [1.165, 1.54) is 6.07 Å². The molecule has 2 N–H and O–H groups in total. The van der Waals surface area contributed by atoms with E-state index in [2.05, 4.69) is 20.3 Å². The van der Waals surface area contributed by atoms with Gasteiger partial charge >= 0.3 is 0 Å². The van der Waals surface area contributed by atoms with Crippen LogP contribution in [-0.2, 0) is 19.7 Å². The Kier molecular flexibility index (Phi) is 9.31. The number of hydrogen-bond donors (Lipinski definition) is 2. The van der Waals surface area contributed by atoms with Gasteiger partial charge in [-0.2, -0.15) is 0 Å². The first-order valence-electron chi connectivity index (χ1n) is 9.65. The van der Waals surface area contributed by atoms with Gasteiger partial charge in [-0.05, 0) is 31.5 Å². The second-order valence-electron chi connectivity index (χ2n) is 6.95. The highest BCUT2D eigenvalue weighted by Gasteiger charge is 2.20. The SMILES string of the molecule is CCNC(=NCc1ccc(F)c(CO)c1)N1CCN(Cc2cc(C)on2)CC1.I. The van der Waals surface area contributed by atoms with E-state index >= 15 is 0 Å². The van der Waals surface area contributed by atoms with Gasteiger partial charge in [0, 0.05) is 50.9 Å². The fourth-order valence-corrected chi connectivity index (χ4v) is 3.28. The average Bonchev–Trinajstić information content (AvgIpc) is 3.11. The van der Waals surface area contributed by atoms with Gasteiger partial charge in [-0.1, -0.05) is 11.2 Å². The third-order valence-corrected chi connectivity index (χ3v) is 4.76. The molecule has 0 bridgehead atoms. The lowest BCUT2D eigenvalue weighted by Gasteiger charge is -2.36. The molecule has 1 aliphatic heterocycles. The molecule has 29 heavy (non-hydrogen) atoms. The number of nitrogens with one attached hydrogen (secondary N) is 1. The molecule has 1 fully saturated rings. The Morgan fingerprint density at radius 2 is 2.03 bits per heavy atom. The van der Waals surface area contributed by atoms with Crippen LogP contribution in [0.15, 0.2) is 33.8 Å². The van der Waals surface area contributed by atoms with Gasteiger partial charge in [0.1, 0.15) is 11.6 Å². The Balaban J connectivity index is 0.00000300. The van der Waals surface area contributed by atoms with Gasteiger partial charge in [0.25, 0.3) is 0 Å². The zero-order valence-electron chi connectivity index (χ0n) is 16.9. The second kappa shape index (κ2) is 11.5. The fourth-order valence-electron chi connectivity index (χ4n) is 3.28. The molecule has 2 heterocycles. The van der Waals surface area contributed by atoms with Crippen LogP contribution >= 0.6 is 24.0 Å². The number of aliphatic hydroxyl groups is 1. The summed E-state index contributed by atoms with van der Waals surface area (Å²) in [6, 6.07) is 6.73. The molecule has 0 aliphatic carbocycles. The Hall–Kier alpha value is -1.72. The number of aromatic nitrogens is 1. The van der Waals surface area contributed by atoms with Gasteiger partial charge in [-0.15, -0.1) is 24.0 Å². The van der Waals surface area contributed by atoms with E-state index in [9.17, 15) is 9.50 Å². The number of halogens is 2. The molecule has 2 aromatic rings. The lowest BCUT2D eigenvalue weighted by Crippen LogP contribution is -2.52. The highest BCUT2D eigenvalue weighted by atomic mass is 127. The zero-order valence-corrected chi connectivity index (χ0v) is 19.2. The summed E-state index contributed by atoms with van der Waals surface area (Å²) < 4.78 is 18.7. The summed E-state index contributed by atoms with van der Waals surface area (Å²) in [7, 11) is 0. The molecular weight excluding hydrogens is 488 g/mol. The molecule has 0 atom stereocenters. The minimum atomic E-state index is -0.388. The van der Waals surface area contributed by atoms with Crippen molar-refractivity contribution in [2.45, 2.75) is 33.5 Å². The number of nitrogens with zero attached hydrogens (tertiary/aromatic N) is 4. The summed E-state index contributed by atoms with van der Waals surface area (Å²) in [6.07, 6.45) is 0. The molecular formula is C20H29FIN5O2.